The predicted octanol–water partition coefficient (Wildman–Crippen LogP) is 2.49. The molecule has 0 saturated carbocycles. The molecule has 0 heterocycles. The highest BCUT2D eigenvalue weighted by molar-refractivity contribution is 5.90. The summed E-state index contributed by atoms with van der Waals surface area (Å²) < 4.78 is 0. The lowest BCUT2D eigenvalue weighted by molar-refractivity contribution is 0.0696. The van der Waals surface area contributed by atoms with Crippen LogP contribution in [0.2, 0.25) is 0 Å². The second kappa shape index (κ2) is 3.96. The molecule has 18 heavy (non-hydrogen) atoms. The lowest BCUT2D eigenvalue weighted by atomic mass is 9.97. The van der Waals surface area contributed by atoms with Gasteiger partial charge in [0.25, 0.3) is 0 Å². The first-order valence-electron chi connectivity index (χ1n) is 5.79. The van der Waals surface area contributed by atoms with Crippen molar-refractivity contribution >= 4 is 5.97 Å². The van der Waals surface area contributed by atoms with Gasteiger partial charge in [0.2, 0.25) is 0 Å². The van der Waals surface area contributed by atoms with Crippen molar-refractivity contribution < 1.29 is 15.0 Å². The zero-order valence-electron chi connectivity index (χ0n) is 9.63. The van der Waals surface area contributed by atoms with E-state index in [1.807, 2.05) is 30.3 Å². The third-order valence-corrected chi connectivity index (χ3v) is 3.48. The van der Waals surface area contributed by atoms with Crippen molar-refractivity contribution in [2.75, 3.05) is 6.61 Å². The molecule has 2 aromatic carbocycles. The predicted molar refractivity (Wildman–Crippen MR) is 67.8 cm³/mol. The summed E-state index contributed by atoms with van der Waals surface area (Å²) in [6.45, 7) is -0.00686. The largest absolute Gasteiger partial charge is 0.478 e. The van der Waals surface area contributed by atoms with E-state index in [9.17, 15) is 9.90 Å². The summed E-state index contributed by atoms with van der Waals surface area (Å²) in [7, 11) is 0. The highest BCUT2D eigenvalue weighted by Crippen LogP contribution is 2.44. The van der Waals surface area contributed by atoms with Gasteiger partial charge in [-0.1, -0.05) is 30.3 Å². The summed E-state index contributed by atoms with van der Waals surface area (Å²) in [5.41, 5.74) is 4.34. The number of aliphatic hydroxyl groups is 1. The van der Waals surface area contributed by atoms with Crippen LogP contribution in [0.4, 0.5) is 0 Å². The second-order valence-electron chi connectivity index (χ2n) is 4.43. The Kier molecular flexibility index (Phi) is 2.42. The van der Waals surface area contributed by atoms with Crippen LogP contribution in [0.3, 0.4) is 0 Å². The van der Waals surface area contributed by atoms with E-state index >= 15 is 0 Å². The number of aromatic carboxylic acids is 1. The van der Waals surface area contributed by atoms with Crippen LogP contribution in [0.25, 0.3) is 11.1 Å². The Morgan fingerprint density at radius 2 is 1.78 bits per heavy atom. The van der Waals surface area contributed by atoms with Gasteiger partial charge in [-0.3, -0.25) is 0 Å². The third kappa shape index (κ3) is 1.45. The molecule has 2 aromatic rings. The first-order chi connectivity index (χ1) is 8.72. The molecule has 90 valence electrons. The Bertz CT molecular complexity index is 631. The second-order valence-corrected chi connectivity index (χ2v) is 4.43. The number of hydrogen-bond donors (Lipinski definition) is 2. The minimum atomic E-state index is -0.939. The summed E-state index contributed by atoms with van der Waals surface area (Å²) in [5, 5.41) is 18.6. The van der Waals surface area contributed by atoms with E-state index in [-0.39, 0.29) is 18.1 Å². The van der Waals surface area contributed by atoms with E-state index in [4.69, 9.17) is 5.11 Å². The number of fused-ring (bicyclic) bond motifs is 3. The van der Waals surface area contributed by atoms with Crippen LogP contribution < -0.4 is 0 Å². The van der Waals surface area contributed by atoms with E-state index in [0.717, 1.165) is 22.3 Å². The number of carboxylic acids is 1. The zero-order chi connectivity index (χ0) is 12.7. The van der Waals surface area contributed by atoms with Crippen molar-refractivity contribution in [2.24, 2.45) is 0 Å². The Balaban J connectivity index is 2.24. The number of carboxylic acid groups (broad SMARTS) is 1. The summed E-state index contributed by atoms with van der Waals surface area (Å²) >= 11 is 0. The molecular weight excluding hydrogens is 228 g/mol. The van der Waals surface area contributed by atoms with Crippen molar-refractivity contribution in [2.45, 2.75) is 5.92 Å². The van der Waals surface area contributed by atoms with Crippen LogP contribution in [-0.4, -0.2) is 22.8 Å². The van der Waals surface area contributed by atoms with Crippen molar-refractivity contribution in [3.63, 3.8) is 0 Å². The summed E-state index contributed by atoms with van der Waals surface area (Å²) in [5.74, 6) is -1.05. The number of hydrogen-bond acceptors (Lipinski definition) is 2. The van der Waals surface area contributed by atoms with Crippen molar-refractivity contribution in [3.05, 3.63) is 59.2 Å². The van der Waals surface area contributed by atoms with Gasteiger partial charge in [-0.2, -0.15) is 0 Å². The standard InChI is InChI=1S/C15H12O3/c16-8-14-11-4-2-1-3-10(11)12-6-5-9(15(17)18)7-13(12)14/h1-7,14,16H,8H2,(H,17,18). The van der Waals surface area contributed by atoms with Crippen molar-refractivity contribution in [3.8, 4) is 11.1 Å². The lowest BCUT2D eigenvalue weighted by Gasteiger charge is -2.09. The molecule has 1 atom stereocenters. The van der Waals surface area contributed by atoms with Gasteiger partial charge in [0.1, 0.15) is 0 Å². The number of carbonyl (C=O) groups is 1. The average molecular weight is 240 g/mol. The van der Waals surface area contributed by atoms with Crippen molar-refractivity contribution in [1.29, 1.82) is 0 Å². The van der Waals surface area contributed by atoms with Gasteiger partial charge in [0.05, 0.1) is 12.2 Å². The topological polar surface area (TPSA) is 57.5 Å². The zero-order valence-corrected chi connectivity index (χ0v) is 9.63. The molecule has 3 heteroatoms. The van der Waals surface area contributed by atoms with E-state index in [0.29, 0.717) is 0 Å². The molecule has 1 aliphatic rings. The molecule has 0 bridgehead atoms. The van der Waals surface area contributed by atoms with Gasteiger partial charge < -0.3 is 10.2 Å². The monoisotopic (exact) mass is 240 g/mol. The smallest absolute Gasteiger partial charge is 0.335 e. The van der Waals surface area contributed by atoms with E-state index in [2.05, 4.69) is 0 Å². The summed E-state index contributed by atoms with van der Waals surface area (Å²) in [6.07, 6.45) is 0. The van der Waals surface area contributed by atoms with E-state index in [1.165, 1.54) is 0 Å². The molecule has 0 fully saturated rings. The fourth-order valence-corrected chi connectivity index (χ4v) is 2.64. The normalized spacial score (nSPS) is 16.2. The molecular formula is C15H12O3. The molecule has 0 spiro atoms. The van der Waals surface area contributed by atoms with Crippen molar-refractivity contribution in [1.82, 2.24) is 0 Å². The number of aliphatic hydroxyl groups excluding tert-OH is 1. The van der Waals surface area contributed by atoms with Crippen LogP contribution in [-0.2, 0) is 0 Å². The molecule has 0 radical (unpaired) electrons. The van der Waals surface area contributed by atoms with Crippen LogP contribution in [0.15, 0.2) is 42.5 Å². The molecule has 3 nitrogen and oxygen atoms in total. The first-order valence-corrected chi connectivity index (χ1v) is 5.79. The third-order valence-electron chi connectivity index (χ3n) is 3.48. The van der Waals surface area contributed by atoms with E-state index in [1.54, 1.807) is 12.1 Å². The molecule has 0 aromatic heterocycles. The Morgan fingerprint density at radius 1 is 1.06 bits per heavy atom. The maximum atomic E-state index is 11.0. The Morgan fingerprint density at radius 3 is 2.50 bits per heavy atom. The minimum Gasteiger partial charge on any atom is -0.478 e. The molecule has 1 aliphatic carbocycles. The minimum absolute atomic E-state index is 0.00686. The molecule has 3 rings (SSSR count). The highest BCUT2D eigenvalue weighted by atomic mass is 16.4. The van der Waals surface area contributed by atoms with Gasteiger partial charge in [-0.15, -0.1) is 0 Å². The Hall–Kier alpha value is -2.13. The van der Waals surface area contributed by atoms with Gasteiger partial charge >= 0.3 is 5.97 Å². The molecule has 1 unspecified atom stereocenters. The quantitative estimate of drug-likeness (QED) is 0.847. The van der Waals surface area contributed by atoms with Crippen LogP contribution in [0.1, 0.15) is 27.4 Å². The van der Waals surface area contributed by atoms with Crippen LogP contribution in [0, 0.1) is 0 Å². The van der Waals surface area contributed by atoms with Gasteiger partial charge in [0, 0.05) is 5.92 Å². The maximum Gasteiger partial charge on any atom is 0.335 e. The molecule has 2 N–H and O–H groups in total. The van der Waals surface area contributed by atoms with Gasteiger partial charge in [-0.05, 0) is 34.4 Å². The molecule has 0 saturated heterocycles. The number of benzene rings is 2. The highest BCUT2D eigenvalue weighted by Gasteiger charge is 2.28. The average Bonchev–Trinajstić information content (AvgIpc) is 2.71. The molecule has 0 amide bonds. The fraction of sp³-hybridized carbons (Fsp3) is 0.133. The lowest BCUT2D eigenvalue weighted by Crippen LogP contribution is -2.04. The Labute approximate surface area is 104 Å². The van der Waals surface area contributed by atoms with Crippen LogP contribution in [0.5, 0.6) is 0 Å². The van der Waals surface area contributed by atoms with Gasteiger partial charge in [0.15, 0.2) is 0 Å². The SMILES string of the molecule is O=C(O)c1ccc2c(c1)C(CO)c1ccccc1-2. The van der Waals surface area contributed by atoms with E-state index < -0.39 is 5.97 Å². The first kappa shape index (κ1) is 11.0. The fourth-order valence-electron chi connectivity index (χ4n) is 2.64. The van der Waals surface area contributed by atoms with Crippen LogP contribution >= 0.6 is 0 Å². The van der Waals surface area contributed by atoms with Gasteiger partial charge in [-0.25, -0.2) is 4.79 Å². The number of rotatable bonds is 2. The summed E-state index contributed by atoms with van der Waals surface area (Å²) in [6, 6.07) is 13.0. The summed E-state index contributed by atoms with van der Waals surface area (Å²) in [4.78, 5) is 11.0. The molecule has 0 aliphatic heterocycles. The maximum absolute atomic E-state index is 11.0.